The molecule has 1 rings (SSSR count). The van der Waals surface area contributed by atoms with Gasteiger partial charge >= 0.3 is 0 Å². The van der Waals surface area contributed by atoms with Crippen LogP contribution in [0.25, 0.3) is 0 Å². The Kier molecular flexibility index (Phi) is 4.97. The molecule has 0 aliphatic heterocycles. The van der Waals surface area contributed by atoms with Crippen LogP contribution in [0.5, 0.6) is 0 Å². The van der Waals surface area contributed by atoms with Crippen molar-refractivity contribution in [2.24, 2.45) is 11.8 Å². The Labute approximate surface area is 87.7 Å². The highest BCUT2D eigenvalue weighted by atomic mass is 14.9. The molecule has 80 valence electrons. The summed E-state index contributed by atoms with van der Waals surface area (Å²) in [5, 5.41) is 12.0. The Morgan fingerprint density at radius 2 is 2.14 bits per heavy atom. The van der Waals surface area contributed by atoms with Gasteiger partial charge in [0.05, 0.1) is 12.5 Å². The van der Waals surface area contributed by atoms with E-state index in [-0.39, 0.29) is 0 Å². The van der Waals surface area contributed by atoms with Gasteiger partial charge in [-0.25, -0.2) is 0 Å². The number of nitrogens with one attached hydrogen (secondary N) is 1. The predicted molar refractivity (Wildman–Crippen MR) is 58.8 cm³/mol. The standard InChI is InChI=1S/C12H22N2/c1-10-5-3-4-6-12(10)9-14-11(2)7-8-13/h10-12,14H,3-7,9H2,1-2H3. The molecule has 1 saturated carbocycles. The normalized spacial score (nSPS) is 29.5. The second kappa shape index (κ2) is 6.03. The van der Waals surface area contributed by atoms with Gasteiger partial charge in [0.1, 0.15) is 0 Å². The van der Waals surface area contributed by atoms with E-state index in [1.54, 1.807) is 0 Å². The summed E-state index contributed by atoms with van der Waals surface area (Å²) < 4.78 is 0. The lowest BCUT2D eigenvalue weighted by Gasteiger charge is -2.29. The Morgan fingerprint density at radius 3 is 2.79 bits per heavy atom. The number of hydrogen-bond donors (Lipinski definition) is 1. The maximum Gasteiger partial charge on any atom is 0.0638 e. The van der Waals surface area contributed by atoms with E-state index in [4.69, 9.17) is 5.26 Å². The van der Waals surface area contributed by atoms with Crippen LogP contribution in [0.3, 0.4) is 0 Å². The fourth-order valence-corrected chi connectivity index (χ4v) is 2.26. The van der Waals surface area contributed by atoms with Crippen molar-refractivity contribution in [1.29, 1.82) is 5.26 Å². The average Bonchev–Trinajstić information content (AvgIpc) is 2.17. The van der Waals surface area contributed by atoms with Gasteiger partial charge in [-0.05, 0) is 31.7 Å². The van der Waals surface area contributed by atoms with Gasteiger partial charge in [0.15, 0.2) is 0 Å². The Hall–Kier alpha value is -0.550. The van der Waals surface area contributed by atoms with E-state index in [1.165, 1.54) is 25.7 Å². The van der Waals surface area contributed by atoms with Gasteiger partial charge in [-0.2, -0.15) is 5.26 Å². The maximum absolute atomic E-state index is 8.54. The molecule has 1 aliphatic rings. The smallest absolute Gasteiger partial charge is 0.0638 e. The van der Waals surface area contributed by atoms with Crippen molar-refractivity contribution >= 4 is 0 Å². The second-order valence-electron chi connectivity index (χ2n) is 4.69. The highest BCUT2D eigenvalue weighted by molar-refractivity contribution is 4.80. The summed E-state index contributed by atoms with van der Waals surface area (Å²) in [4.78, 5) is 0. The Balaban J connectivity index is 2.19. The van der Waals surface area contributed by atoms with Crippen molar-refractivity contribution < 1.29 is 0 Å². The topological polar surface area (TPSA) is 35.8 Å². The number of hydrogen-bond acceptors (Lipinski definition) is 2. The van der Waals surface area contributed by atoms with Gasteiger partial charge in [-0.15, -0.1) is 0 Å². The van der Waals surface area contributed by atoms with Crippen LogP contribution in [0.1, 0.15) is 46.0 Å². The van der Waals surface area contributed by atoms with Gasteiger partial charge in [0.2, 0.25) is 0 Å². The van der Waals surface area contributed by atoms with E-state index >= 15 is 0 Å². The molecule has 0 aromatic rings. The van der Waals surface area contributed by atoms with E-state index in [2.05, 4.69) is 25.2 Å². The molecule has 1 N–H and O–H groups in total. The predicted octanol–water partition coefficient (Wildman–Crippen LogP) is 2.70. The fourth-order valence-electron chi connectivity index (χ4n) is 2.26. The number of rotatable bonds is 4. The number of nitriles is 1. The summed E-state index contributed by atoms with van der Waals surface area (Å²) in [6.07, 6.45) is 6.18. The van der Waals surface area contributed by atoms with Crippen LogP contribution in [-0.2, 0) is 0 Å². The molecule has 0 radical (unpaired) electrons. The lowest BCUT2D eigenvalue weighted by atomic mass is 9.80. The van der Waals surface area contributed by atoms with Gasteiger partial charge < -0.3 is 5.32 Å². The van der Waals surface area contributed by atoms with E-state index in [0.717, 1.165) is 18.4 Å². The molecule has 2 heteroatoms. The summed E-state index contributed by atoms with van der Waals surface area (Å²) in [6, 6.07) is 2.56. The molecule has 14 heavy (non-hydrogen) atoms. The molecule has 0 aromatic carbocycles. The van der Waals surface area contributed by atoms with Crippen molar-refractivity contribution in [2.75, 3.05) is 6.54 Å². The van der Waals surface area contributed by atoms with E-state index < -0.39 is 0 Å². The van der Waals surface area contributed by atoms with Gasteiger partial charge in [0.25, 0.3) is 0 Å². The lowest BCUT2D eigenvalue weighted by molar-refractivity contribution is 0.242. The van der Waals surface area contributed by atoms with Crippen molar-refractivity contribution in [3.8, 4) is 6.07 Å². The van der Waals surface area contributed by atoms with Gasteiger partial charge in [-0.3, -0.25) is 0 Å². The molecule has 1 aliphatic carbocycles. The van der Waals surface area contributed by atoms with E-state index in [9.17, 15) is 0 Å². The molecule has 0 saturated heterocycles. The minimum absolute atomic E-state index is 0.356. The van der Waals surface area contributed by atoms with Crippen molar-refractivity contribution in [1.82, 2.24) is 5.32 Å². The van der Waals surface area contributed by atoms with Crippen molar-refractivity contribution in [3.05, 3.63) is 0 Å². The summed E-state index contributed by atoms with van der Waals surface area (Å²) in [6.45, 7) is 5.56. The maximum atomic E-state index is 8.54. The monoisotopic (exact) mass is 194 g/mol. The molecule has 3 atom stereocenters. The third-order valence-electron chi connectivity index (χ3n) is 3.42. The molecule has 3 unspecified atom stereocenters. The molecule has 0 spiro atoms. The number of nitrogens with zero attached hydrogens (tertiary/aromatic N) is 1. The van der Waals surface area contributed by atoms with Crippen LogP contribution in [0.2, 0.25) is 0 Å². The SMILES string of the molecule is CC(CC#N)NCC1CCCCC1C. The molecular formula is C12H22N2. The largest absolute Gasteiger partial charge is 0.313 e. The van der Waals surface area contributed by atoms with Crippen LogP contribution in [0.15, 0.2) is 0 Å². The summed E-state index contributed by atoms with van der Waals surface area (Å²) in [5.41, 5.74) is 0. The van der Waals surface area contributed by atoms with Crippen LogP contribution in [0, 0.1) is 23.2 Å². The summed E-state index contributed by atoms with van der Waals surface area (Å²) >= 11 is 0. The first-order valence-corrected chi connectivity index (χ1v) is 5.84. The zero-order valence-electron chi connectivity index (χ0n) is 9.42. The minimum Gasteiger partial charge on any atom is -0.313 e. The van der Waals surface area contributed by atoms with Gasteiger partial charge in [-0.1, -0.05) is 26.2 Å². The third kappa shape index (κ3) is 3.67. The van der Waals surface area contributed by atoms with Crippen LogP contribution < -0.4 is 5.32 Å². The molecule has 0 heterocycles. The lowest BCUT2D eigenvalue weighted by Crippen LogP contribution is -2.34. The molecule has 1 fully saturated rings. The Bertz CT molecular complexity index is 195. The highest BCUT2D eigenvalue weighted by Gasteiger charge is 2.21. The van der Waals surface area contributed by atoms with Crippen LogP contribution >= 0.6 is 0 Å². The highest BCUT2D eigenvalue weighted by Crippen LogP contribution is 2.28. The minimum atomic E-state index is 0.356. The van der Waals surface area contributed by atoms with E-state index in [0.29, 0.717) is 12.5 Å². The summed E-state index contributed by atoms with van der Waals surface area (Å²) in [7, 11) is 0. The molecular weight excluding hydrogens is 172 g/mol. The Morgan fingerprint density at radius 1 is 1.43 bits per heavy atom. The fraction of sp³-hybridized carbons (Fsp3) is 0.917. The van der Waals surface area contributed by atoms with Gasteiger partial charge in [0, 0.05) is 6.04 Å². The molecule has 0 amide bonds. The summed E-state index contributed by atoms with van der Waals surface area (Å²) in [5.74, 6) is 1.70. The van der Waals surface area contributed by atoms with E-state index in [1.807, 2.05) is 0 Å². The van der Waals surface area contributed by atoms with Crippen LogP contribution in [0.4, 0.5) is 0 Å². The second-order valence-corrected chi connectivity index (χ2v) is 4.69. The first-order chi connectivity index (χ1) is 6.74. The quantitative estimate of drug-likeness (QED) is 0.747. The molecule has 2 nitrogen and oxygen atoms in total. The van der Waals surface area contributed by atoms with Crippen LogP contribution in [-0.4, -0.2) is 12.6 Å². The molecule has 0 aromatic heterocycles. The van der Waals surface area contributed by atoms with Crippen molar-refractivity contribution in [3.63, 3.8) is 0 Å². The zero-order chi connectivity index (χ0) is 10.4. The average molecular weight is 194 g/mol. The molecule has 0 bridgehead atoms. The first kappa shape index (κ1) is 11.5. The third-order valence-corrected chi connectivity index (χ3v) is 3.42. The zero-order valence-corrected chi connectivity index (χ0v) is 9.42. The van der Waals surface area contributed by atoms with Crippen molar-refractivity contribution in [2.45, 2.75) is 52.0 Å². The first-order valence-electron chi connectivity index (χ1n) is 5.84.